The predicted molar refractivity (Wildman–Crippen MR) is 133 cm³/mol. The van der Waals surface area contributed by atoms with Gasteiger partial charge in [0.1, 0.15) is 11.2 Å². The molecule has 0 amide bonds. The lowest BCUT2D eigenvalue weighted by molar-refractivity contribution is -0.00473. The van der Waals surface area contributed by atoms with E-state index in [1.807, 2.05) is 22.8 Å². The summed E-state index contributed by atoms with van der Waals surface area (Å²) < 4.78 is 7.41. The summed E-state index contributed by atoms with van der Waals surface area (Å²) in [6.45, 7) is 10.9. The summed E-state index contributed by atoms with van der Waals surface area (Å²) in [4.78, 5) is 23.5. The number of fused-ring (bicyclic) bond motifs is 1. The molecule has 1 aromatic carbocycles. The van der Waals surface area contributed by atoms with E-state index in [0.29, 0.717) is 29.5 Å². The summed E-state index contributed by atoms with van der Waals surface area (Å²) in [5.41, 5.74) is 1.66. The van der Waals surface area contributed by atoms with E-state index in [1.54, 1.807) is 6.20 Å². The van der Waals surface area contributed by atoms with Gasteiger partial charge in [-0.25, -0.2) is 4.98 Å². The number of morpholine rings is 1. The molecule has 3 aromatic rings. The summed E-state index contributed by atoms with van der Waals surface area (Å²) in [5, 5.41) is 7.57. The van der Waals surface area contributed by atoms with Crippen LogP contribution in [0.4, 0.5) is 0 Å². The number of benzene rings is 1. The summed E-state index contributed by atoms with van der Waals surface area (Å²) in [5.74, 6) is 1.54. The van der Waals surface area contributed by atoms with E-state index in [4.69, 9.17) is 9.72 Å². The molecule has 2 aromatic heterocycles. The molecule has 2 aliphatic heterocycles. The number of likely N-dealkylation sites (tertiary alicyclic amines) is 1. The second-order valence-corrected chi connectivity index (χ2v) is 9.67. The van der Waals surface area contributed by atoms with Crippen LogP contribution < -0.4 is 5.56 Å². The van der Waals surface area contributed by atoms with Crippen molar-refractivity contribution in [2.75, 3.05) is 39.4 Å². The molecule has 0 radical (unpaired) electrons. The zero-order valence-corrected chi connectivity index (χ0v) is 20.3. The molecule has 2 atom stereocenters. The van der Waals surface area contributed by atoms with Crippen LogP contribution in [0.3, 0.4) is 0 Å². The SMILES string of the molecule is CCC(c1nc2[nH]ncc2c(=O)n1Cc1ccccc1)N1CCC(C(C)N2CCOCC2)CC1. The lowest BCUT2D eigenvalue weighted by atomic mass is 9.88. The monoisotopic (exact) mass is 464 g/mol. The first-order valence-electron chi connectivity index (χ1n) is 12.7. The normalized spacial score (nSPS) is 20.5. The molecular weight excluding hydrogens is 428 g/mol. The smallest absolute Gasteiger partial charge is 0.265 e. The Morgan fingerprint density at radius 2 is 1.82 bits per heavy atom. The highest BCUT2D eigenvalue weighted by Gasteiger charge is 2.32. The third-order valence-corrected chi connectivity index (χ3v) is 7.78. The van der Waals surface area contributed by atoms with Crippen LogP contribution >= 0.6 is 0 Å². The van der Waals surface area contributed by atoms with Crippen LogP contribution in [0, 0.1) is 5.92 Å². The first-order valence-corrected chi connectivity index (χ1v) is 12.7. The van der Waals surface area contributed by atoms with E-state index >= 15 is 0 Å². The number of aromatic nitrogens is 4. The fourth-order valence-corrected chi connectivity index (χ4v) is 5.72. The molecule has 2 saturated heterocycles. The first kappa shape index (κ1) is 23.2. The molecule has 2 fully saturated rings. The second kappa shape index (κ2) is 10.4. The second-order valence-electron chi connectivity index (χ2n) is 9.67. The molecule has 0 spiro atoms. The Morgan fingerprint density at radius 3 is 2.53 bits per heavy atom. The summed E-state index contributed by atoms with van der Waals surface area (Å²) in [6.07, 6.45) is 4.84. The molecule has 182 valence electrons. The Hall–Kier alpha value is -2.55. The summed E-state index contributed by atoms with van der Waals surface area (Å²) >= 11 is 0. The zero-order valence-electron chi connectivity index (χ0n) is 20.3. The molecule has 0 bridgehead atoms. The van der Waals surface area contributed by atoms with E-state index < -0.39 is 0 Å². The van der Waals surface area contributed by atoms with E-state index in [2.05, 4.69) is 46.0 Å². The highest BCUT2D eigenvalue weighted by molar-refractivity contribution is 5.72. The predicted octanol–water partition coefficient (Wildman–Crippen LogP) is 3.05. The molecule has 34 heavy (non-hydrogen) atoms. The van der Waals surface area contributed by atoms with Crippen LogP contribution in [-0.4, -0.2) is 75.0 Å². The van der Waals surface area contributed by atoms with Gasteiger partial charge in [0.2, 0.25) is 0 Å². The number of nitrogens with one attached hydrogen (secondary N) is 1. The minimum Gasteiger partial charge on any atom is -0.379 e. The quantitative estimate of drug-likeness (QED) is 0.579. The van der Waals surface area contributed by atoms with Gasteiger partial charge in [-0.1, -0.05) is 37.3 Å². The lowest BCUT2D eigenvalue weighted by Crippen LogP contribution is -2.49. The van der Waals surface area contributed by atoms with Crippen molar-refractivity contribution in [2.45, 2.75) is 51.7 Å². The number of aromatic amines is 1. The highest BCUT2D eigenvalue weighted by atomic mass is 16.5. The van der Waals surface area contributed by atoms with Crippen molar-refractivity contribution < 1.29 is 4.74 Å². The van der Waals surface area contributed by atoms with Crippen LogP contribution in [-0.2, 0) is 11.3 Å². The molecular formula is C26H36N6O2. The molecule has 0 saturated carbocycles. The van der Waals surface area contributed by atoms with E-state index in [0.717, 1.165) is 57.2 Å². The molecule has 8 heteroatoms. The average molecular weight is 465 g/mol. The Labute approximate surface area is 200 Å². The van der Waals surface area contributed by atoms with Crippen molar-refractivity contribution in [1.82, 2.24) is 29.5 Å². The average Bonchev–Trinajstić information content (AvgIpc) is 3.37. The number of piperidine rings is 1. The van der Waals surface area contributed by atoms with Crippen molar-refractivity contribution in [1.29, 1.82) is 0 Å². The van der Waals surface area contributed by atoms with E-state index in [9.17, 15) is 4.79 Å². The molecule has 0 aliphatic carbocycles. The largest absolute Gasteiger partial charge is 0.379 e. The number of hydrogen-bond donors (Lipinski definition) is 1. The minimum absolute atomic E-state index is 0.0214. The van der Waals surface area contributed by atoms with Crippen molar-refractivity contribution in [2.24, 2.45) is 5.92 Å². The molecule has 5 rings (SSSR count). The number of nitrogens with zero attached hydrogens (tertiary/aromatic N) is 5. The maximum atomic E-state index is 13.5. The van der Waals surface area contributed by atoms with Gasteiger partial charge in [0, 0.05) is 19.1 Å². The summed E-state index contributed by atoms with van der Waals surface area (Å²) in [6, 6.07) is 10.8. The van der Waals surface area contributed by atoms with E-state index in [1.165, 1.54) is 12.8 Å². The standard InChI is InChI=1S/C26H36N6O2/c1-3-23(31-11-9-21(10-12-31)19(2)30-13-15-34-16-14-30)25-28-24-22(17-27-29-24)26(33)32(25)18-20-7-5-4-6-8-20/h4-8,17,19,21,23H,3,9-16,18H2,1-2H3,(H,27,29). The van der Waals surface area contributed by atoms with Crippen molar-refractivity contribution in [3.8, 4) is 0 Å². The first-order chi connectivity index (χ1) is 16.7. The van der Waals surface area contributed by atoms with Gasteiger partial charge >= 0.3 is 0 Å². The highest BCUT2D eigenvalue weighted by Crippen LogP contribution is 2.31. The van der Waals surface area contributed by atoms with Gasteiger partial charge < -0.3 is 4.74 Å². The lowest BCUT2D eigenvalue weighted by Gasteiger charge is -2.43. The minimum atomic E-state index is -0.0214. The third kappa shape index (κ3) is 4.67. The Morgan fingerprint density at radius 1 is 1.09 bits per heavy atom. The van der Waals surface area contributed by atoms with Gasteiger partial charge in [-0.15, -0.1) is 0 Å². The molecule has 2 aliphatic rings. The van der Waals surface area contributed by atoms with Gasteiger partial charge in [0.05, 0.1) is 32.0 Å². The topological polar surface area (TPSA) is 79.3 Å². The maximum absolute atomic E-state index is 13.5. The Balaban J connectivity index is 1.38. The Bertz CT molecular complexity index is 1130. The van der Waals surface area contributed by atoms with Crippen molar-refractivity contribution in [3.63, 3.8) is 0 Å². The van der Waals surface area contributed by atoms with Crippen molar-refractivity contribution in [3.05, 3.63) is 58.3 Å². The van der Waals surface area contributed by atoms with Crippen molar-refractivity contribution >= 4 is 11.0 Å². The number of ether oxygens (including phenoxy) is 1. The van der Waals surface area contributed by atoms with Gasteiger partial charge in [0.25, 0.3) is 5.56 Å². The van der Waals surface area contributed by atoms with Crippen LogP contribution in [0.2, 0.25) is 0 Å². The van der Waals surface area contributed by atoms with E-state index in [-0.39, 0.29) is 11.6 Å². The third-order valence-electron chi connectivity index (χ3n) is 7.78. The number of hydrogen-bond acceptors (Lipinski definition) is 6. The van der Waals surface area contributed by atoms with Crippen LogP contribution in [0.25, 0.3) is 11.0 Å². The maximum Gasteiger partial charge on any atom is 0.265 e. The van der Waals surface area contributed by atoms with Gasteiger partial charge in [-0.05, 0) is 50.8 Å². The van der Waals surface area contributed by atoms with Crippen LogP contribution in [0.5, 0.6) is 0 Å². The molecule has 2 unspecified atom stereocenters. The van der Waals surface area contributed by atoms with Gasteiger partial charge in [0.15, 0.2) is 5.65 Å². The van der Waals surface area contributed by atoms with Crippen LogP contribution in [0.1, 0.15) is 50.5 Å². The zero-order chi connectivity index (χ0) is 23.5. The molecule has 4 heterocycles. The van der Waals surface area contributed by atoms with Crippen LogP contribution in [0.15, 0.2) is 41.3 Å². The number of H-pyrrole nitrogens is 1. The number of rotatable bonds is 7. The Kier molecular flexibility index (Phi) is 7.08. The van der Waals surface area contributed by atoms with Gasteiger partial charge in [-0.2, -0.15) is 5.10 Å². The summed E-state index contributed by atoms with van der Waals surface area (Å²) in [7, 11) is 0. The molecule has 8 nitrogen and oxygen atoms in total. The molecule has 1 N–H and O–H groups in total. The fourth-order valence-electron chi connectivity index (χ4n) is 5.72. The fraction of sp³-hybridized carbons (Fsp3) is 0.577. The van der Waals surface area contributed by atoms with Gasteiger partial charge in [-0.3, -0.25) is 24.3 Å².